The summed E-state index contributed by atoms with van der Waals surface area (Å²) in [5, 5.41) is 14.0. The summed E-state index contributed by atoms with van der Waals surface area (Å²) < 4.78 is 11.3. The van der Waals surface area contributed by atoms with Crippen molar-refractivity contribution < 1.29 is 18.7 Å². The average molecular weight is 502 g/mol. The number of hydrogen-bond donors (Lipinski definition) is 1. The van der Waals surface area contributed by atoms with Crippen LogP contribution >= 0.6 is 0 Å². The van der Waals surface area contributed by atoms with E-state index in [4.69, 9.17) is 9.15 Å². The molecule has 3 aromatic rings. The van der Waals surface area contributed by atoms with Gasteiger partial charge >= 0.3 is 5.97 Å². The Labute approximate surface area is 218 Å². The molecule has 194 valence electrons. The normalized spacial score (nSPS) is 14.6. The van der Waals surface area contributed by atoms with Crippen molar-refractivity contribution in [3.05, 3.63) is 64.9 Å². The van der Waals surface area contributed by atoms with Gasteiger partial charge in [-0.1, -0.05) is 19.3 Å². The van der Waals surface area contributed by atoms with Gasteiger partial charge in [0.25, 0.3) is 5.91 Å². The van der Waals surface area contributed by atoms with Gasteiger partial charge in [0.1, 0.15) is 11.3 Å². The summed E-state index contributed by atoms with van der Waals surface area (Å²) >= 11 is 0. The highest BCUT2D eigenvalue weighted by molar-refractivity contribution is 5.94. The minimum absolute atomic E-state index is 0.00737. The summed E-state index contributed by atoms with van der Waals surface area (Å²) in [4.78, 5) is 26.0. The molecule has 1 atom stereocenters. The van der Waals surface area contributed by atoms with Crippen molar-refractivity contribution in [2.45, 2.75) is 58.4 Å². The van der Waals surface area contributed by atoms with E-state index in [1.54, 1.807) is 20.0 Å². The Kier molecular flexibility index (Phi) is 8.50. The molecule has 0 bridgehead atoms. The second-order valence-electron chi connectivity index (χ2n) is 9.79. The Morgan fingerprint density at radius 1 is 1.16 bits per heavy atom. The number of ether oxygens (including phenoxy) is 1. The molecule has 37 heavy (non-hydrogen) atoms. The van der Waals surface area contributed by atoms with Crippen LogP contribution in [0.15, 0.2) is 46.9 Å². The number of amides is 1. The van der Waals surface area contributed by atoms with Crippen molar-refractivity contribution in [2.24, 2.45) is 5.92 Å². The molecule has 1 heterocycles. The SMILES string of the molecule is CCOC(=O)CCN(C)C(=O)c1ccc(NC(c2oc3ccc(C#N)cc3c2C)C2CCCCC2)cc1. The van der Waals surface area contributed by atoms with E-state index in [1.165, 1.54) is 24.2 Å². The van der Waals surface area contributed by atoms with Gasteiger partial charge in [-0.25, -0.2) is 0 Å². The van der Waals surface area contributed by atoms with Crippen molar-refractivity contribution in [3.63, 3.8) is 0 Å². The molecule has 1 N–H and O–H groups in total. The van der Waals surface area contributed by atoms with Crippen LogP contribution in [0, 0.1) is 24.2 Å². The largest absolute Gasteiger partial charge is 0.466 e. The molecule has 1 amide bonds. The lowest BCUT2D eigenvalue weighted by Gasteiger charge is -2.31. The lowest BCUT2D eigenvalue weighted by atomic mass is 9.82. The number of benzene rings is 2. The van der Waals surface area contributed by atoms with Gasteiger partial charge in [-0.15, -0.1) is 0 Å². The minimum Gasteiger partial charge on any atom is -0.466 e. The molecule has 0 spiro atoms. The number of hydrogen-bond acceptors (Lipinski definition) is 6. The Morgan fingerprint density at radius 2 is 1.89 bits per heavy atom. The molecule has 1 fully saturated rings. The van der Waals surface area contributed by atoms with Gasteiger partial charge in [-0.2, -0.15) is 5.26 Å². The van der Waals surface area contributed by atoms with Crippen LogP contribution in [0.3, 0.4) is 0 Å². The highest BCUT2D eigenvalue weighted by Crippen LogP contribution is 2.41. The Balaban J connectivity index is 1.53. The van der Waals surface area contributed by atoms with E-state index >= 15 is 0 Å². The summed E-state index contributed by atoms with van der Waals surface area (Å²) in [7, 11) is 1.69. The highest BCUT2D eigenvalue weighted by atomic mass is 16.5. The smallest absolute Gasteiger partial charge is 0.307 e. The van der Waals surface area contributed by atoms with Crippen LogP contribution in [0.2, 0.25) is 0 Å². The van der Waals surface area contributed by atoms with E-state index < -0.39 is 0 Å². The first-order valence-corrected chi connectivity index (χ1v) is 13.1. The number of nitrogens with one attached hydrogen (secondary N) is 1. The van der Waals surface area contributed by atoms with Gasteiger partial charge in [0, 0.05) is 35.8 Å². The van der Waals surface area contributed by atoms with E-state index in [-0.39, 0.29) is 24.3 Å². The number of fused-ring (bicyclic) bond motifs is 1. The molecule has 1 aliphatic carbocycles. The first-order chi connectivity index (χ1) is 17.9. The summed E-state index contributed by atoms with van der Waals surface area (Å²) in [5.74, 6) is 0.899. The first-order valence-electron chi connectivity index (χ1n) is 13.1. The van der Waals surface area contributed by atoms with Crippen LogP contribution in [0.5, 0.6) is 0 Å². The first kappa shape index (κ1) is 26.3. The number of nitriles is 1. The van der Waals surface area contributed by atoms with Crippen LogP contribution in [-0.4, -0.2) is 37.0 Å². The van der Waals surface area contributed by atoms with Crippen molar-refractivity contribution in [2.75, 3.05) is 25.5 Å². The molecule has 7 nitrogen and oxygen atoms in total. The second kappa shape index (κ2) is 12.0. The molecule has 1 aliphatic rings. The van der Waals surface area contributed by atoms with Crippen LogP contribution in [0.25, 0.3) is 11.0 Å². The van der Waals surface area contributed by atoms with Crippen LogP contribution in [-0.2, 0) is 9.53 Å². The standard InChI is InChI=1S/C30H35N3O4/c1-4-36-27(34)16-17-33(3)30(35)23-11-13-24(14-12-23)32-28(22-8-6-5-7-9-22)29-20(2)25-18-21(19-31)10-15-26(25)37-29/h10-15,18,22,28,32H,4-9,16-17H2,1-3H3. The molecule has 1 aromatic heterocycles. The lowest BCUT2D eigenvalue weighted by molar-refractivity contribution is -0.143. The van der Waals surface area contributed by atoms with Gasteiger partial charge < -0.3 is 19.4 Å². The second-order valence-corrected chi connectivity index (χ2v) is 9.79. The molecule has 7 heteroatoms. The number of carbonyl (C=O) groups is 2. The van der Waals surface area contributed by atoms with E-state index in [0.717, 1.165) is 40.8 Å². The summed E-state index contributed by atoms with van der Waals surface area (Å²) in [5.41, 5.74) is 3.96. The zero-order valence-electron chi connectivity index (χ0n) is 21.9. The number of anilines is 1. The van der Waals surface area contributed by atoms with Crippen LogP contribution < -0.4 is 5.32 Å². The molecule has 2 aromatic carbocycles. The van der Waals surface area contributed by atoms with Crippen molar-refractivity contribution in [1.29, 1.82) is 5.26 Å². The molecule has 1 unspecified atom stereocenters. The van der Waals surface area contributed by atoms with Crippen LogP contribution in [0.4, 0.5) is 5.69 Å². The van der Waals surface area contributed by atoms with Gasteiger partial charge in [0.2, 0.25) is 0 Å². The molecule has 1 saturated carbocycles. The monoisotopic (exact) mass is 501 g/mol. The summed E-state index contributed by atoms with van der Waals surface area (Å²) in [6.45, 7) is 4.47. The zero-order chi connectivity index (χ0) is 26.4. The topological polar surface area (TPSA) is 95.6 Å². The number of aryl methyl sites for hydroxylation is 1. The maximum absolute atomic E-state index is 12.8. The van der Waals surface area contributed by atoms with Gasteiger partial charge in [-0.3, -0.25) is 9.59 Å². The fraction of sp³-hybridized carbons (Fsp3) is 0.433. The molecular weight excluding hydrogens is 466 g/mol. The van der Waals surface area contributed by atoms with E-state index in [2.05, 4.69) is 18.3 Å². The fourth-order valence-corrected chi connectivity index (χ4v) is 5.17. The molecule has 0 saturated heterocycles. The third-order valence-corrected chi connectivity index (χ3v) is 7.26. The molecule has 0 radical (unpaired) electrons. The van der Waals surface area contributed by atoms with Crippen molar-refractivity contribution >= 4 is 28.5 Å². The lowest BCUT2D eigenvalue weighted by Crippen LogP contribution is -2.29. The summed E-state index contributed by atoms with van der Waals surface area (Å²) in [6.07, 6.45) is 6.08. The number of furan rings is 1. The number of carbonyl (C=O) groups excluding carboxylic acids is 2. The fourth-order valence-electron chi connectivity index (χ4n) is 5.17. The predicted molar refractivity (Wildman–Crippen MR) is 143 cm³/mol. The minimum atomic E-state index is -0.305. The maximum atomic E-state index is 12.8. The third kappa shape index (κ3) is 6.14. The number of rotatable bonds is 9. The van der Waals surface area contributed by atoms with Crippen molar-refractivity contribution in [1.82, 2.24) is 4.90 Å². The van der Waals surface area contributed by atoms with Gasteiger partial charge in [0.15, 0.2) is 0 Å². The van der Waals surface area contributed by atoms with Gasteiger partial charge in [0.05, 0.1) is 30.7 Å². The molecule has 0 aliphatic heterocycles. The van der Waals surface area contributed by atoms with E-state index in [0.29, 0.717) is 30.2 Å². The molecular formula is C30H35N3O4. The highest BCUT2D eigenvalue weighted by Gasteiger charge is 2.30. The zero-order valence-corrected chi connectivity index (χ0v) is 21.9. The van der Waals surface area contributed by atoms with Crippen molar-refractivity contribution in [3.8, 4) is 6.07 Å². The molecule has 4 rings (SSSR count). The van der Waals surface area contributed by atoms with Gasteiger partial charge in [-0.05, 0) is 75.1 Å². The maximum Gasteiger partial charge on any atom is 0.307 e. The Morgan fingerprint density at radius 3 is 2.57 bits per heavy atom. The average Bonchev–Trinajstić information content (AvgIpc) is 3.26. The van der Waals surface area contributed by atoms with E-state index in [1.807, 2.05) is 36.4 Å². The quantitative estimate of drug-likeness (QED) is 0.342. The summed E-state index contributed by atoms with van der Waals surface area (Å²) in [6, 6.07) is 15.2. The number of esters is 1. The Bertz CT molecular complexity index is 1280. The Hall–Kier alpha value is -3.79. The van der Waals surface area contributed by atoms with E-state index in [9.17, 15) is 14.9 Å². The number of nitrogens with zero attached hydrogens (tertiary/aromatic N) is 2. The van der Waals surface area contributed by atoms with Crippen LogP contribution in [0.1, 0.15) is 78.7 Å². The predicted octanol–water partition coefficient (Wildman–Crippen LogP) is 6.37. The third-order valence-electron chi connectivity index (χ3n) is 7.26.